The average Bonchev–Trinajstić information content (AvgIpc) is 3.05. The van der Waals surface area contributed by atoms with Gasteiger partial charge in [0.25, 0.3) is 0 Å². The lowest BCUT2D eigenvalue weighted by atomic mass is 10.1. The van der Waals surface area contributed by atoms with Crippen LogP contribution in [0.4, 0.5) is 5.95 Å². The van der Waals surface area contributed by atoms with E-state index in [9.17, 15) is 0 Å². The van der Waals surface area contributed by atoms with Crippen molar-refractivity contribution in [2.45, 2.75) is 6.92 Å². The van der Waals surface area contributed by atoms with Crippen molar-refractivity contribution in [1.29, 1.82) is 0 Å². The molecule has 0 fully saturated rings. The van der Waals surface area contributed by atoms with E-state index in [2.05, 4.69) is 20.1 Å². The predicted molar refractivity (Wildman–Crippen MR) is 102 cm³/mol. The fraction of sp³-hybridized carbons (Fsp3) is 0.222. The number of anilines is 1. The average molecular weight is 369 g/mol. The van der Waals surface area contributed by atoms with E-state index in [-0.39, 0.29) is 0 Å². The highest BCUT2D eigenvalue weighted by Crippen LogP contribution is 2.31. The van der Waals surface area contributed by atoms with E-state index in [1.54, 1.807) is 11.6 Å². The van der Waals surface area contributed by atoms with Crippen LogP contribution in [0.1, 0.15) is 5.82 Å². The normalized spacial score (nSPS) is 11.3. The maximum absolute atomic E-state index is 6.30. The minimum absolute atomic E-state index is 0.443. The molecule has 0 unspecified atom stereocenters. The zero-order valence-corrected chi connectivity index (χ0v) is 15.6. The summed E-state index contributed by atoms with van der Waals surface area (Å²) in [6.45, 7) is 1.82. The molecule has 0 saturated carbocycles. The van der Waals surface area contributed by atoms with Gasteiger partial charge in [0.15, 0.2) is 11.4 Å². The SMILES string of the molecule is COc1cc(-c2ccc3nc(C)nc(Cl)c3c2)cn2nc(N(C)C)nc12. The van der Waals surface area contributed by atoms with Crippen molar-refractivity contribution in [3.8, 4) is 16.9 Å². The molecule has 4 rings (SSSR count). The van der Waals surface area contributed by atoms with Gasteiger partial charge in [-0.1, -0.05) is 17.7 Å². The number of fused-ring (bicyclic) bond motifs is 2. The number of hydrogen-bond acceptors (Lipinski definition) is 6. The maximum atomic E-state index is 6.30. The molecule has 0 N–H and O–H groups in total. The molecule has 1 aromatic carbocycles. The van der Waals surface area contributed by atoms with E-state index in [1.807, 2.05) is 56.4 Å². The zero-order chi connectivity index (χ0) is 18.4. The number of nitrogens with zero attached hydrogens (tertiary/aromatic N) is 6. The first-order valence-electron chi connectivity index (χ1n) is 8.02. The highest BCUT2D eigenvalue weighted by atomic mass is 35.5. The molecule has 0 aliphatic rings. The van der Waals surface area contributed by atoms with Gasteiger partial charge in [-0.3, -0.25) is 0 Å². The minimum atomic E-state index is 0.443. The molecule has 4 aromatic rings. The summed E-state index contributed by atoms with van der Waals surface area (Å²) in [6, 6.07) is 7.85. The molecule has 0 aliphatic carbocycles. The van der Waals surface area contributed by atoms with Gasteiger partial charge in [0.05, 0.1) is 12.6 Å². The minimum Gasteiger partial charge on any atom is -0.493 e. The van der Waals surface area contributed by atoms with Crippen LogP contribution in [-0.2, 0) is 0 Å². The zero-order valence-electron chi connectivity index (χ0n) is 14.9. The highest BCUT2D eigenvalue weighted by molar-refractivity contribution is 6.34. The van der Waals surface area contributed by atoms with Gasteiger partial charge in [-0.15, -0.1) is 5.10 Å². The second kappa shape index (κ2) is 6.10. The van der Waals surface area contributed by atoms with Crippen LogP contribution in [-0.4, -0.2) is 45.8 Å². The van der Waals surface area contributed by atoms with Crippen molar-refractivity contribution < 1.29 is 4.74 Å². The summed E-state index contributed by atoms with van der Waals surface area (Å²) in [4.78, 5) is 15.0. The molecule has 0 atom stereocenters. The number of halogens is 1. The second-order valence-electron chi connectivity index (χ2n) is 6.17. The smallest absolute Gasteiger partial charge is 0.245 e. The summed E-state index contributed by atoms with van der Waals surface area (Å²) >= 11 is 6.30. The fourth-order valence-corrected chi connectivity index (χ4v) is 3.10. The quantitative estimate of drug-likeness (QED) is 0.516. The first kappa shape index (κ1) is 16.5. The fourth-order valence-electron chi connectivity index (χ4n) is 2.82. The van der Waals surface area contributed by atoms with E-state index >= 15 is 0 Å². The molecule has 7 nitrogen and oxygen atoms in total. The van der Waals surface area contributed by atoms with E-state index < -0.39 is 0 Å². The first-order chi connectivity index (χ1) is 12.5. The van der Waals surface area contributed by atoms with Gasteiger partial charge in [0.1, 0.15) is 11.0 Å². The molecular formula is C18H17ClN6O. The van der Waals surface area contributed by atoms with Crippen LogP contribution in [0.2, 0.25) is 5.15 Å². The third-order valence-electron chi connectivity index (χ3n) is 4.10. The number of pyridine rings is 1. The first-order valence-corrected chi connectivity index (χ1v) is 8.40. The third kappa shape index (κ3) is 2.70. The third-order valence-corrected chi connectivity index (χ3v) is 4.39. The van der Waals surface area contributed by atoms with Crippen LogP contribution >= 0.6 is 11.6 Å². The molecule has 0 radical (unpaired) electrons. The molecule has 3 aromatic heterocycles. The van der Waals surface area contributed by atoms with Crippen molar-refractivity contribution in [2.24, 2.45) is 0 Å². The number of rotatable bonds is 3. The summed E-state index contributed by atoms with van der Waals surface area (Å²) in [7, 11) is 5.42. The number of hydrogen-bond donors (Lipinski definition) is 0. The summed E-state index contributed by atoms with van der Waals surface area (Å²) in [5.41, 5.74) is 3.38. The molecule has 0 spiro atoms. The Morgan fingerprint density at radius 1 is 1.08 bits per heavy atom. The lowest BCUT2D eigenvalue weighted by Gasteiger charge is -2.08. The number of ether oxygens (including phenoxy) is 1. The Morgan fingerprint density at radius 3 is 2.62 bits per heavy atom. The van der Waals surface area contributed by atoms with E-state index in [0.29, 0.717) is 28.3 Å². The van der Waals surface area contributed by atoms with Crippen LogP contribution in [0, 0.1) is 6.92 Å². The number of aromatic nitrogens is 5. The number of aryl methyl sites for hydroxylation is 1. The Balaban J connectivity index is 1.92. The summed E-state index contributed by atoms with van der Waals surface area (Å²) < 4.78 is 7.24. The van der Waals surface area contributed by atoms with Gasteiger partial charge in [0, 0.05) is 31.2 Å². The summed E-state index contributed by atoms with van der Waals surface area (Å²) in [5, 5.41) is 5.75. The Morgan fingerprint density at radius 2 is 1.88 bits per heavy atom. The molecule has 0 saturated heterocycles. The molecule has 0 bridgehead atoms. The molecular weight excluding hydrogens is 352 g/mol. The second-order valence-corrected chi connectivity index (χ2v) is 6.52. The van der Waals surface area contributed by atoms with Gasteiger partial charge < -0.3 is 9.64 Å². The van der Waals surface area contributed by atoms with Crippen LogP contribution in [0.15, 0.2) is 30.5 Å². The summed E-state index contributed by atoms with van der Waals surface area (Å²) in [6.07, 6.45) is 1.92. The van der Waals surface area contributed by atoms with Crippen molar-refractivity contribution in [2.75, 3.05) is 26.1 Å². The van der Waals surface area contributed by atoms with Crippen LogP contribution in [0.5, 0.6) is 5.75 Å². The van der Waals surface area contributed by atoms with Crippen LogP contribution in [0.3, 0.4) is 0 Å². The Hall–Kier alpha value is -2.93. The van der Waals surface area contributed by atoms with Crippen molar-refractivity contribution in [1.82, 2.24) is 24.6 Å². The van der Waals surface area contributed by atoms with Gasteiger partial charge in [-0.25, -0.2) is 14.5 Å². The number of methoxy groups -OCH3 is 1. The Bertz CT molecular complexity index is 1140. The van der Waals surface area contributed by atoms with Crippen LogP contribution < -0.4 is 9.64 Å². The molecule has 0 aliphatic heterocycles. The topological polar surface area (TPSA) is 68.4 Å². The Labute approximate surface area is 155 Å². The summed E-state index contributed by atoms with van der Waals surface area (Å²) in [5.74, 6) is 1.91. The molecule has 26 heavy (non-hydrogen) atoms. The van der Waals surface area contributed by atoms with Gasteiger partial charge in [0.2, 0.25) is 5.95 Å². The predicted octanol–water partition coefficient (Wildman–Crippen LogP) is 3.38. The van der Waals surface area contributed by atoms with Gasteiger partial charge >= 0.3 is 0 Å². The number of benzene rings is 1. The molecule has 0 amide bonds. The monoisotopic (exact) mass is 368 g/mol. The molecule has 132 valence electrons. The largest absolute Gasteiger partial charge is 0.493 e. The van der Waals surface area contributed by atoms with E-state index in [1.165, 1.54) is 0 Å². The van der Waals surface area contributed by atoms with Crippen molar-refractivity contribution in [3.05, 3.63) is 41.4 Å². The lowest BCUT2D eigenvalue weighted by molar-refractivity contribution is 0.417. The van der Waals surface area contributed by atoms with Gasteiger partial charge in [-0.2, -0.15) is 4.98 Å². The Kier molecular flexibility index (Phi) is 3.88. The van der Waals surface area contributed by atoms with Crippen molar-refractivity contribution >= 4 is 34.1 Å². The highest BCUT2D eigenvalue weighted by Gasteiger charge is 2.14. The molecule has 3 heterocycles. The standard InChI is InChI=1S/C18H17ClN6O/c1-10-20-14-6-5-11(7-13(14)16(19)21-10)12-8-15(26-4)17-22-18(24(2)3)23-25(17)9-12/h5-9H,1-4H3. The maximum Gasteiger partial charge on any atom is 0.245 e. The van der Waals surface area contributed by atoms with Gasteiger partial charge in [-0.05, 0) is 30.7 Å². The molecule has 8 heteroatoms. The van der Waals surface area contributed by atoms with E-state index in [0.717, 1.165) is 22.0 Å². The van der Waals surface area contributed by atoms with Crippen LogP contribution in [0.25, 0.3) is 27.7 Å². The van der Waals surface area contributed by atoms with Crippen molar-refractivity contribution in [3.63, 3.8) is 0 Å². The van der Waals surface area contributed by atoms with E-state index in [4.69, 9.17) is 16.3 Å². The lowest BCUT2D eigenvalue weighted by Crippen LogP contribution is -2.10.